The first-order valence-electron chi connectivity index (χ1n) is 4.55. The van der Waals surface area contributed by atoms with E-state index < -0.39 is 27.6 Å². The lowest BCUT2D eigenvalue weighted by Gasteiger charge is -2.18. The van der Waals surface area contributed by atoms with Crippen LogP contribution in [0.5, 0.6) is 0 Å². The number of hydrogen-bond donors (Lipinski definition) is 1. The molecule has 0 radical (unpaired) electrons. The molecular weight excluding hydrogens is 293 g/mol. The predicted molar refractivity (Wildman–Crippen MR) is 60.1 cm³/mol. The van der Waals surface area contributed by atoms with Gasteiger partial charge in [0, 0.05) is 6.26 Å². The number of nitrogens with one attached hydrogen (secondary N) is 1. The van der Waals surface area contributed by atoms with E-state index in [-0.39, 0.29) is 16.3 Å². The third-order valence-electron chi connectivity index (χ3n) is 2.18. The number of amides is 1. The highest BCUT2D eigenvalue weighted by Gasteiger charge is 2.34. The van der Waals surface area contributed by atoms with Gasteiger partial charge < -0.3 is 0 Å². The van der Waals surface area contributed by atoms with Gasteiger partial charge in [-0.15, -0.1) is 0 Å². The van der Waals surface area contributed by atoms with E-state index in [1.54, 1.807) is 0 Å². The minimum absolute atomic E-state index is 0.180. The largest absolute Gasteiger partial charge is 0.416 e. The molecule has 9 heteroatoms. The van der Waals surface area contributed by atoms with Gasteiger partial charge in [0.15, 0.2) is 0 Å². The summed E-state index contributed by atoms with van der Waals surface area (Å²) >= 11 is 5.65. The standard InChI is InChI=1S/C9H6ClF3N2O2S/c1-18(17)14-7-5(8(16)15-18)2-4(3-6(7)10)9(11,12)13/h2-3H,1H3,(H,14,15,16,17). The number of hydrogen-bond acceptors (Lipinski definition) is 3. The van der Waals surface area contributed by atoms with Gasteiger partial charge in [-0.2, -0.15) is 17.5 Å². The van der Waals surface area contributed by atoms with E-state index in [0.29, 0.717) is 12.1 Å². The van der Waals surface area contributed by atoms with Gasteiger partial charge >= 0.3 is 6.18 Å². The Hall–Kier alpha value is -1.28. The molecule has 98 valence electrons. The Morgan fingerprint density at radius 2 is 2.00 bits per heavy atom. The monoisotopic (exact) mass is 298 g/mol. The van der Waals surface area contributed by atoms with Crippen molar-refractivity contribution in [2.24, 2.45) is 4.36 Å². The quantitative estimate of drug-likeness (QED) is 0.800. The lowest BCUT2D eigenvalue weighted by molar-refractivity contribution is -0.137. The summed E-state index contributed by atoms with van der Waals surface area (Å²) < 4.78 is 54.9. The second kappa shape index (κ2) is 3.86. The van der Waals surface area contributed by atoms with Crippen molar-refractivity contribution in [3.05, 3.63) is 28.3 Å². The van der Waals surface area contributed by atoms with Gasteiger partial charge in [-0.1, -0.05) is 11.6 Å². The minimum atomic E-state index is -4.62. The molecule has 0 fully saturated rings. The highest BCUT2D eigenvalue weighted by atomic mass is 35.5. The normalized spacial score (nSPS) is 23.1. The average Bonchev–Trinajstić information content (AvgIpc) is 2.16. The van der Waals surface area contributed by atoms with E-state index in [1.807, 2.05) is 4.72 Å². The molecule has 0 aliphatic carbocycles. The summed E-state index contributed by atoms with van der Waals surface area (Å²) in [6, 6.07) is 1.28. The second-order valence-electron chi connectivity index (χ2n) is 3.68. The van der Waals surface area contributed by atoms with Crippen LogP contribution in [-0.4, -0.2) is 16.4 Å². The molecule has 0 saturated heterocycles. The smallest absolute Gasteiger partial charge is 0.268 e. The molecule has 1 aliphatic rings. The van der Waals surface area contributed by atoms with Gasteiger partial charge in [-0.05, 0) is 12.1 Å². The van der Waals surface area contributed by atoms with Crippen LogP contribution in [0.15, 0.2) is 16.5 Å². The van der Waals surface area contributed by atoms with E-state index in [4.69, 9.17) is 11.6 Å². The number of fused-ring (bicyclic) bond motifs is 1. The summed E-state index contributed by atoms with van der Waals surface area (Å²) in [5.41, 5.74) is -1.57. The van der Waals surface area contributed by atoms with Crippen molar-refractivity contribution in [1.82, 2.24) is 4.72 Å². The highest BCUT2D eigenvalue weighted by Crippen LogP contribution is 2.39. The minimum Gasteiger partial charge on any atom is -0.268 e. The van der Waals surface area contributed by atoms with E-state index in [9.17, 15) is 22.2 Å². The zero-order chi connectivity index (χ0) is 13.7. The van der Waals surface area contributed by atoms with Gasteiger partial charge in [0.2, 0.25) is 0 Å². The number of benzene rings is 1. The van der Waals surface area contributed by atoms with Crippen molar-refractivity contribution in [1.29, 1.82) is 0 Å². The van der Waals surface area contributed by atoms with Gasteiger partial charge in [-0.3, -0.25) is 9.52 Å². The Morgan fingerprint density at radius 3 is 2.56 bits per heavy atom. The molecule has 0 spiro atoms. The number of alkyl halides is 3. The third-order valence-corrected chi connectivity index (χ3v) is 3.57. The van der Waals surface area contributed by atoms with Crippen LogP contribution < -0.4 is 4.72 Å². The third kappa shape index (κ3) is 2.30. The van der Waals surface area contributed by atoms with Crippen LogP contribution in [0.3, 0.4) is 0 Å². The average molecular weight is 299 g/mol. The molecule has 1 aromatic carbocycles. The first-order valence-corrected chi connectivity index (χ1v) is 6.85. The maximum absolute atomic E-state index is 12.5. The Morgan fingerprint density at radius 1 is 1.39 bits per heavy atom. The van der Waals surface area contributed by atoms with Crippen LogP contribution in [0.1, 0.15) is 15.9 Å². The lowest BCUT2D eigenvalue weighted by atomic mass is 10.1. The number of halogens is 4. The summed E-state index contributed by atoms with van der Waals surface area (Å²) in [4.78, 5) is 11.6. The Bertz CT molecular complexity index is 663. The van der Waals surface area contributed by atoms with Crippen molar-refractivity contribution in [3.8, 4) is 0 Å². The van der Waals surface area contributed by atoms with E-state index >= 15 is 0 Å². The topological polar surface area (TPSA) is 58.5 Å². The summed E-state index contributed by atoms with van der Waals surface area (Å²) in [7, 11) is -3.01. The molecule has 1 heterocycles. The van der Waals surface area contributed by atoms with Crippen molar-refractivity contribution in [3.63, 3.8) is 0 Å². The van der Waals surface area contributed by atoms with Crippen molar-refractivity contribution >= 4 is 33.1 Å². The van der Waals surface area contributed by atoms with Crippen molar-refractivity contribution in [2.75, 3.05) is 6.26 Å². The SMILES string of the molecule is CS1(=O)=Nc2c(Cl)cc(C(F)(F)F)cc2C(=O)N1. The summed E-state index contributed by atoms with van der Waals surface area (Å²) in [6.45, 7) is 0. The van der Waals surface area contributed by atoms with Crippen LogP contribution in [0, 0.1) is 0 Å². The number of carbonyl (C=O) groups excluding carboxylic acids is 1. The molecule has 1 atom stereocenters. The van der Waals surface area contributed by atoms with E-state index in [2.05, 4.69) is 4.36 Å². The fourth-order valence-corrected chi connectivity index (χ4v) is 2.81. The number of rotatable bonds is 0. The molecule has 18 heavy (non-hydrogen) atoms. The molecule has 1 unspecified atom stereocenters. The second-order valence-corrected chi connectivity index (χ2v) is 6.08. The zero-order valence-electron chi connectivity index (χ0n) is 8.84. The maximum atomic E-state index is 12.5. The van der Waals surface area contributed by atoms with Gasteiger partial charge in [0.05, 0.1) is 16.1 Å². The molecule has 0 aromatic heterocycles. The van der Waals surface area contributed by atoms with Crippen LogP contribution in [0.2, 0.25) is 5.02 Å². The molecule has 4 nitrogen and oxygen atoms in total. The van der Waals surface area contributed by atoms with Gasteiger partial charge in [0.1, 0.15) is 15.6 Å². The van der Waals surface area contributed by atoms with Gasteiger partial charge in [-0.25, -0.2) is 4.21 Å². The van der Waals surface area contributed by atoms with Crippen LogP contribution in [-0.2, 0) is 16.1 Å². The lowest BCUT2D eigenvalue weighted by Crippen LogP contribution is -2.32. The highest BCUT2D eigenvalue weighted by molar-refractivity contribution is 7.91. The first kappa shape index (κ1) is 13.2. The molecule has 1 aliphatic heterocycles. The molecule has 0 bridgehead atoms. The van der Waals surface area contributed by atoms with Gasteiger partial charge in [0.25, 0.3) is 5.91 Å². The molecule has 2 rings (SSSR count). The zero-order valence-corrected chi connectivity index (χ0v) is 10.4. The van der Waals surface area contributed by atoms with Crippen LogP contribution in [0.25, 0.3) is 0 Å². The summed E-state index contributed by atoms with van der Waals surface area (Å²) in [5.74, 6) is -0.888. The summed E-state index contributed by atoms with van der Waals surface area (Å²) in [6.07, 6.45) is -3.47. The maximum Gasteiger partial charge on any atom is 0.416 e. The first-order chi connectivity index (χ1) is 8.10. The molecular formula is C9H6ClF3N2O2S. The van der Waals surface area contributed by atoms with E-state index in [0.717, 1.165) is 6.26 Å². The Balaban J connectivity index is 2.75. The van der Waals surface area contributed by atoms with E-state index in [1.165, 1.54) is 0 Å². The summed E-state index contributed by atoms with van der Waals surface area (Å²) in [5, 5.41) is -0.357. The predicted octanol–water partition coefficient (Wildman–Crippen LogP) is 2.75. The Kier molecular flexibility index (Phi) is 2.82. The molecule has 1 N–H and O–H groups in total. The van der Waals surface area contributed by atoms with Crippen LogP contribution in [0.4, 0.5) is 18.9 Å². The Labute approximate surface area is 105 Å². The van der Waals surface area contributed by atoms with Crippen molar-refractivity contribution in [2.45, 2.75) is 6.18 Å². The number of carbonyl (C=O) groups is 1. The van der Waals surface area contributed by atoms with Crippen molar-refractivity contribution < 1.29 is 22.2 Å². The molecule has 1 amide bonds. The van der Waals surface area contributed by atoms with Crippen LogP contribution >= 0.6 is 11.6 Å². The number of nitrogens with zero attached hydrogens (tertiary/aromatic N) is 1. The fraction of sp³-hybridized carbons (Fsp3) is 0.222. The molecule has 0 saturated carbocycles. The fourth-order valence-electron chi connectivity index (χ4n) is 1.45. The molecule has 1 aromatic rings.